The van der Waals surface area contributed by atoms with Crippen molar-refractivity contribution in [1.82, 2.24) is 0 Å². The third-order valence-electron chi connectivity index (χ3n) is 1.45. The van der Waals surface area contributed by atoms with Gasteiger partial charge in [0.25, 0.3) is 6.47 Å². The predicted octanol–water partition coefficient (Wildman–Crippen LogP) is 1.70. The molecule has 0 N–H and O–H groups in total. The second kappa shape index (κ2) is 4.62. The third kappa shape index (κ3) is 2.87. The summed E-state index contributed by atoms with van der Waals surface area (Å²) in [5.41, 5.74) is 0.478. The molecule has 1 aromatic rings. The molecule has 0 bridgehead atoms. The highest BCUT2D eigenvalue weighted by Gasteiger charge is 2.04. The summed E-state index contributed by atoms with van der Waals surface area (Å²) < 4.78 is 4.32. The molecule has 4 heteroatoms. The summed E-state index contributed by atoms with van der Waals surface area (Å²) in [7, 11) is 0. The number of benzene rings is 1. The lowest BCUT2D eigenvalue weighted by molar-refractivity contribution is -0.127. The van der Waals surface area contributed by atoms with Crippen molar-refractivity contribution in [1.29, 1.82) is 0 Å². The Labute approximate surface area is 80.3 Å². The second-order valence-electron chi connectivity index (χ2n) is 2.34. The normalized spacial score (nSPS) is 9.31. The lowest BCUT2D eigenvalue weighted by Crippen LogP contribution is -2.07. The van der Waals surface area contributed by atoms with Crippen molar-refractivity contribution < 1.29 is 14.3 Å². The smallest absolute Gasteiger partial charge is 0.293 e. The van der Waals surface area contributed by atoms with Gasteiger partial charge in [0.05, 0.1) is 0 Å². The van der Waals surface area contributed by atoms with Crippen LogP contribution in [0.4, 0.5) is 0 Å². The van der Waals surface area contributed by atoms with Gasteiger partial charge < -0.3 is 4.74 Å². The zero-order valence-corrected chi connectivity index (χ0v) is 7.45. The first-order valence-electron chi connectivity index (χ1n) is 3.58. The average molecular weight is 199 g/mol. The molecule has 0 aliphatic carbocycles. The van der Waals surface area contributed by atoms with Gasteiger partial charge in [-0.2, -0.15) is 0 Å². The Bertz CT molecular complexity index is 305. The van der Waals surface area contributed by atoms with Gasteiger partial charge in [0, 0.05) is 10.6 Å². The van der Waals surface area contributed by atoms with Crippen LogP contribution in [-0.2, 0) is 9.53 Å². The van der Waals surface area contributed by atoms with Crippen LogP contribution in [0.2, 0.25) is 5.02 Å². The molecule has 0 amide bonds. The molecule has 68 valence electrons. The van der Waals surface area contributed by atoms with Crippen LogP contribution in [0.3, 0.4) is 0 Å². The molecule has 13 heavy (non-hydrogen) atoms. The Morgan fingerprint density at radius 1 is 1.38 bits per heavy atom. The standard InChI is InChI=1S/C9H7ClO3/c10-8-3-1-7(2-4-8)9(12)5-13-6-11/h1-4,6H,5H2. The van der Waals surface area contributed by atoms with Crippen LogP contribution in [-0.4, -0.2) is 18.9 Å². The number of ketones is 1. The first kappa shape index (κ1) is 9.74. The highest BCUT2D eigenvalue weighted by Crippen LogP contribution is 2.09. The molecule has 0 unspecified atom stereocenters. The summed E-state index contributed by atoms with van der Waals surface area (Å²) in [5, 5.41) is 0.563. The Morgan fingerprint density at radius 3 is 2.54 bits per heavy atom. The van der Waals surface area contributed by atoms with Crippen molar-refractivity contribution in [3.63, 3.8) is 0 Å². The number of Topliss-reactive ketones (excluding diaryl/α,β-unsaturated/α-hetero) is 1. The minimum absolute atomic E-state index is 0.231. The van der Waals surface area contributed by atoms with Gasteiger partial charge >= 0.3 is 0 Å². The van der Waals surface area contributed by atoms with Crippen molar-refractivity contribution in [2.45, 2.75) is 0 Å². The molecule has 0 atom stereocenters. The maximum Gasteiger partial charge on any atom is 0.293 e. The molecule has 0 heterocycles. The van der Waals surface area contributed by atoms with Gasteiger partial charge in [-0.25, -0.2) is 0 Å². The lowest BCUT2D eigenvalue weighted by atomic mass is 10.1. The van der Waals surface area contributed by atoms with Crippen molar-refractivity contribution in [2.24, 2.45) is 0 Å². The molecule has 0 saturated heterocycles. The average Bonchev–Trinajstić information content (AvgIpc) is 2.15. The molecule has 0 spiro atoms. The molecule has 1 aromatic carbocycles. The van der Waals surface area contributed by atoms with Crippen LogP contribution >= 0.6 is 11.6 Å². The molecular weight excluding hydrogens is 192 g/mol. The Morgan fingerprint density at radius 2 is 2.00 bits per heavy atom. The summed E-state index contributed by atoms with van der Waals surface area (Å²) in [4.78, 5) is 21.0. The number of ether oxygens (including phenoxy) is 1. The fourth-order valence-electron chi connectivity index (χ4n) is 0.829. The molecule has 0 saturated carbocycles. The number of hydrogen-bond acceptors (Lipinski definition) is 3. The summed E-state index contributed by atoms with van der Waals surface area (Å²) in [6.45, 7) is 0.0128. The van der Waals surface area contributed by atoms with E-state index in [1.807, 2.05) is 0 Å². The quantitative estimate of drug-likeness (QED) is 0.546. The van der Waals surface area contributed by atoms with E-state index in [0.29, 0.717) is 10.6 Å². The van der Waals surface area contributed by atoms with Crippen LogP contribution in [0, 0.1) is 0 Å². The number of hydrogen-bond donors (Lipinski definition) is 0. The molecular formula is C9H7ClO3. The van der Waals surface area contributed by atoms with E-state index in [1.165, 1.54) is 0 Å². The Hall–Kier alpha value is -1.35. The van der Waals surface area contributed by atoms with Gasteiger partial charge in [-0.05, 0) is 24.3 Å². The SMILES string of the molecule is O=COCC(=O)c1ccc(Cl)cc1. The predicted molar refractivity (Wildman–Crippen MR) is 47.8 cm³/mol. The molecule has 0 aromatic heterocycles. The van der Waals surface area contributed by atoms with E-state index < -0.39 is 0 Å². The molecule has 1 rings (SSSR count). The van der Waals surface area contributed by atoms with Gasteiger partial charge in [-0.3, -0.25) is 9.59 Å². The van der Waals surface area contributed by atoms with E-state index >= 15 is 0 Å². The third-order valence-corrected chi connectivity index (χ3v) is 1.70. The zero-order valence-electron chi connectivity index (χ0n) is 6.70. The molecule has 0 aliphatic heterocycles. The van der Waals surface area contributed by atoms with Crippen LogP contribution in [0.1, 0.15) is 10.4 Å². The van der Waals surface area contributed by atoms with Crippen LogP contribution in [0.25, 0.3) is 0 Å². The van der Waals surface area contributed by atoms with E-state index in [-0.39, 0.29) is 18.9 Å². The number of carbonyl (C=O) groups is 2. The van der Waals surface area contributed by atoms with Gasteiger partial charge in [-0.15, -0.1) is 0 Å². The van der Waals surface area contributed by atoms with E-state index in [9.17, 15) is 9.59 Å². The second-order valence-corrected chi connectivity index (χ2v) is 2.77. The fraction of sp³-hybridized carbons (Fsp3) is 0.111. The first-order valence-corrected chi connectivity index (χ1v) is 3.96. The highest BCUT2D eigenvalue weighted by molar-refractivity contribution is 6.30. The molecule has 0 fully saturated rings. The van der Waals surface area contributed by atoms with Gasteiger partial charge in [0.1, 0.15) is 0 Å². The monoisotopic (exact) mass is 198 g/mol. The van der Waals surface area contributed by atoms with E-state index in [0.717, 1.165) is 0 Å². The number of carbonyl (C=O) groups excluding carboxylic acids is 2. The topological polar surface area (TPSA) is 43.4 Å². The fourth-order valence-corrected chi connectivity index (χ4v) is 0.955. The van der Waals surface area contributed by atoms with Crippen molar-refractivity contribution in [2.75, 3.05) is 6.61 Å². The van der Waals surface area contributed by atoms with Crippen molar-refractivity contribution >= 4 is 23.9 Å². The van der Waals surface area contributed by atoms with Crippen molar-refractivity contribution in [3.05, 3.63) is 34.9 Å². The van der Waals surface area contributed by atoms with E-state index in [4.69, 9.17) is 11.6 Å². The van der Waals surface area contributed by atoms with Crippen LogP contribution in [0.5, 0.6) is 0 Å². The van der Waals surface area contributed by atoms with Crippen molar-refractivity contribution in [3.8, 4) is 0 Å². The summed E-state index contributed by atoms with van der Waals surface area (Å²) >= 11 is 5.62. The largest absolute Gasteiger partial charge is 0.459 e. The molecule has 3 nitrogen and oxygen atoms in total. The Balaban J connectivity index is 2.66. The maximum absolute atomic E-state index is 11.2. The summed E-state index contributed by atoms with van der Waals surface area (Å²) in [6, 6.07) is 6.38. The lowest BCUT2D eigenvalue weighted by Gasteiger charge is -1.98. The maximum atomic E-state index is 11.2. The van der Waals surface area contributed by atoms with Crippen LogP contribution < -0.4 is 0 Å². The van der Waals surface area contributed by atoms with E-state index in [2.05, 4.69) is 4.74 Å². The Kier molecular flexibility index (Phi) is 3.46. The zero-order chi connectivity index (χ0) is 9.68. The highest BCUT2D eigenvalue weighted by atomic mass is 35.5. The summed E-state index contributed by atoms with van der Waals surface area (Å²) in [5.74, 6) is -0.247. The first-order chi connectivity index (χ1) is 6.24. The van der Waals surface area contributed by atoms with E-state index in [1.54, 1.807) is 24.3 Å². The van der Waals surface area contributed by atoms with Crippen LogP contribution in [0.15, 0.2) is 24.3 Å². The van der Waals surface area contributed by atoms with Gasteiger partial charge in [0.2, 0.25) is 0 Å². The summed E-state index contributed by atoms with van der Waals surface area (Å²) in [6.07, 6.45) is 0. The van der Waals surface area contributed by atoms with Gasteiger partial charge in [-0.1, -0.05) is 11.6 Å². The number of rotatable bonds is 4. The minimum Gasteiger partial charge on any atom is -0.459 e. The van der Waals surface area contributed by atoms with Gasteiger partial charge in [0.15, 0.2) is 12.4 Å². The molecule has 0 radical (unpaired) electrons. The minimum atomic E-state index is -0.247. The number of halogens is 1. The molecule has 0 aliphatic rings.